The van der Waals surface area contributed by atoms with Gasteiger partial charge in [-0.1, -0.05) is 30.3 Å². The largest absolute Gasteiger partial charge is 0.505 e. The van der Waals surface area contributed by atoms with Crippen LogP contribution in [0.15, 0.2) is 41.2 Å². The number of nitrogens with zero attached hydrogens (tertiary/aromatic N) is 1. The second-order valence-corrected chi connectivity index (χ2v) is 2.98. The molecule has 4 nitrogen and oxygen atoms in total. The quantitative estimate of drug-likeness (QED) is 0.505. The molecule has 90 valence electrons. The number of halogens is 3. The maximum Gasteiger partial charge on any atom is 0.456 e. The van der Waals surface area contributed by atoms with Crippen LogP contribution in [0.5, 0.6) is 0 Å². The number of alkyl halides is 3. The van der Waals surface area contributed by atoms with Crippen molar-refractivity contribution in [2.45, 2.75) is 6.18 Å². The van der Waals surface area contributed by atoms with Crippen molar-refractivity contribution in [3.05, 3.63) is 46.5 Å². The van der Waals surface area contributed by atoms with Crippen molar-refractivity contribution in [3.8, 4) is 0 Å². The summed E-state index contributed by atoms with van der Waals surface area (Å²) in [6, 6.07) is 6.88. The van der Waals surface area contributed by atoms with Gasteiger partial charge in [0.05, 0.1) is 0 Å². The molecule has 0 fully saturated rings. The van der Waals surface area contributed by atoms with Crippen LogP contribution in [0.1, 0.15) is 5.56 Å². The zero-order valence-electron chi connectivity index (χ0n) is 8.23. The van der Waals surface area contributed by atoms with Crippen LogP contribution in [0.2, 0.25) is 0 Å². The highest BCUT2D eigenvalue weighted by atomic mass is 19.4. The minimum atomic E-state index is -5.26. The van der Waals surface area contributed by atoms with Crippen molar-refractivity contribution in [2.75, 3.05) is 0 Å². The minimum absolute atomic E-state index is 0.0975. The Balaban J connectivity index is 3.26. The van der Waals surface area contributed by atoms with Crippen LogP contribution in [0, 0.1) is 4.91 Å². The third-order valence-corrected chi connectivity index (χ3v) is 1.84. The Morgan fingerprint density at radius 3 is 2.12 bits per heavy atom. The predicted octanol–water partition coefficient (Wildman–Crippen LogP) is 2.81. The first-order valence-corrected chi connectivity index (χ1v) is 4.31. The molecule has 1 aromatic rings. The number of benzene rings is 1. The Kier molecular flexibility index (Phi) is 3.62. The standard InChI is InChI=1S/C10H6F3NO3/c11-10(12,13)9(16)7(14-17)8(15)6-4-2-1-3-5-6/h1-5,15H/b8-7+. The molecule has 0 aliphatic rings. The number of aliphatic hydroxyl groups is 1. The van der Waals surface area contributed by atoms with E-state index in [4.69, 9.17) is 0 Å². The van der Waals surface area contributed by atoms with Crippen LogP contribution in [0.4, 0.5) is 13.2 Å². The average Bonchev–Trinajstić information content (AvgIpc) is 2.29. The topological polar surface area (TPSA) is 66.7 Å². The fraction of sp³-hybridized carbons (Fsp3) is 0.100. The van der Waals surface area contributed by atoms with Crippen molar-refractivity contribution < 1.29 is 23.1 Å². The molecule has 0 radical (unpaired) electrons. The van der Waals surface area contributed by atoms with E-state index in [2.05, 4.69) is 0 Å². The summed E-state index contributed by atoms with van der Waals surface area (Å²) in [5.41, 5.74) is -1.65. The van der Waals surface area contributed by atoms with Crippen molar-refractivity contribution in [1.29, 1.82) is 0 Å². The normalized spacial score (nSPS) is 12.9. The number of carbonyl (C=O) groups is 1. The maximum atomic E-state index is 12.1. The molecule has 1 rings (SSSR count). The third-order valence-electron chi connectivity index (χ3n) is 1.84. The van der Waals surface area contributed by atoms with Crippen LogP contribution in [0.25, 0.3) is 5.76 Å². The molecular formula is C10H6F3NO3. The van der Waals surface area contributed by atoms with E-state index >= 15 is 0 Å². The van der Waals surface area contributed by atoms with Crippen molar-refractivity contribution in [1.82, 2.24) is 0 Å². The van der Waals surface area contributed by atoms with Gasteiger partial charge in [0.1, 0.15) is 0 Å². The van der Waals surface area contributed by atoms with E-state index in [-0.39, 0.29) is 5.56 Å². The SMILES string of the molecule is O=N/C(C(=O)C(F)(F)F)=C(/O)c1ccccc1. The lowest BCUT2D eigenvalue weighted by atomic mass is 10.1. The first kappa shape index (κ1) is 12.9. The van der Waals surface area contributed by atoms with Gasteiger partial charge in [0.15, 0.2) is 5.76 Å². The Labute approximate surface area is 93.3 Å². The Morgan fingerprint density at radius 2 is 1.71 bits per heavy atom. The van der Waals surface area contributed by atoms with E-state index in [0.29, 0.717) is 0 Å². The number of ketones is 1. The van der Waals surface area contributed by atoms with Gasteiger partial charge < -0.3 is 5.11 Å². The summed E-state index contributed by atoms with van der Waals surface area (Å²) in [5, 5.41) is 11.3. The molecule has 0 bridgehead atoms. The van der Waals surface area contributed by atoms with Gasteiger partial charge in [-0.2, -0.15) is 13.2 Å². The summed E-state index contributed by atoms with van der Waals surface area (Å²) >= 11 is 0. The highest BCUT2D eigenvalue weighted by Gasteiger charge is 2.43. The van der Waals surface area contributed by atoms with Crippen molar-refractivity contribution in [3.63, 3.8) is 0 Å². The molecule has 0 aliphatic heterocycles. The molecule has 0 atom stereocenters. The second-order valence-electron chi connectivity index (χ2n) is 2.98. The zero-order valence-corrected chi connectivity index (χ0v) is 8.23. The number of nitroso groups, excluding NO2 is 1. The number of hydrogen-bond donors (Lipinski definition) is 1. The molecule has 0 saturated carbocycles. The Bertz CT molecular complexity index is 465. The lowest BCUT2D eigenvalue weighted by Gasteiger charge is -2.06. The van der Waals surface area contributed by atoms with Gasteiger partial charge in [0, 0.05) is 5.56 Å². The molecule has 1 aromatic carbocycles. The maximum absolute atomic E-state index is 12.1. The molecule has 1 N–H and O–H groups in total. The van der Waals surface area contributed by atoms with E-state index < -0.39 is 23.4 Å². The molecule has 0 heterocycles. The Morgan fingerprint density at radius 1 is 1.18 bits per heavy atom. The average molecular weight is 245 g/mol. The van der Waals surface area contributed by atoms with E-state index in [1.807, 2.05) is 5.18 Å². The number of carbonyl (C=O) groups excluding carboxylic acids is 1. The van der Waals surface area contributed by atoms with Crippen LogP contribution >= 0.6 is 0 Å². The molecule has 0 amide bonds. The van der Waals surface area contributed by atoms with E-state index in [0.717, 1.165) is 0 Å². The van der Waals surface area contributed by atoms with Gasteiger partial charge in [-0.25, -0.2) is 0 Å². The summed E-state index contributed by atoms with van der Waals surface area (Å²) in [6.07, 6.45) is -5.26. The predicted molar refractivity (Wildman–Crippen MR) is 52.8 cm³/mol. The number of rotatable bonds is 3. The summed E-state index contributed by atoms with van der Waals surface area (Å²) in [4.78, 5) is 21.0. The van der Waals surface area contributed by atoms with Gasteiger partial charge in [0.25, 0.3) is 5.78 Å². The molecule has 0 aliphatic carbocycles. The summed E-state index contributed by atoms with van der Waals surface area (Å²) < 4.78 is 36.2. The molecule has 0 unspecified atom stereocenters. The lowest BCUT2D eigenvalue weighted by Crippen LogP contribution is -2.24. The van der Waals surface area contributed by atoms with Crippen molar-refractivity contribution in [2.24, 2.45) is 5.18 Å². The number of hydrogen-bond acceptors (Lipinski definition) is 4. The highest BCUT2D eigenvalue weighted by Crippen LogP contribution is 2.25. The monoisotopic (exact) mass is 245 g/mol. The first-order valence-electron chi connectivity index (χ1n) is 4.31. The summed E-state index contributed by atoms with van der Waals surface area (Å²) in [5.74, 6) is -3.57. The number of Topliss-reactive ketones (excluding diaryl/α,β-unsaturated/α-hetero) is 1. The minimum Gasteiger partial charge on any atom is -0.505 e. The zero-order chi connectivity index (χ0) is 13.1. The third kappa shape index (κ3) is 2.90. The van der Waals surface area contributed by atoms with Crippen molar-refractivity contribution >= 4 is 11.5 Å². The van der Waals surface area contributed by atoms with Gasteiger partial charge in [-0.15, -0.1) is 4.91 Å². The van der Waals surface area contributed by atoms with E-state index in [1.54, 1.807) is 6.07 Å². The molecule has 0 aromatic heterocycles. The molecule has 0 saturated heterocycles. The second kappa shape index (κ2) is 4.77. The van der Waals surface area contributed by atoms with Gasteiger partial charge in [0.2, 0.25) is 5.70 Å². The number of aliphatic hydroxyl groups excluding tert-OH is 1. The van der Waals surface area contributed by atoms with Gasteiger partial charge in [-0.05, 0) is 5.18 Å². The van der Waals surface area contributed by atoms with Crippen LogP contribution < -0.4 is 0 Å². The molecule has 7 heteroatoms. The fourth-order valence-corrected chi connectivity index (χ4v) is 1.06. The summed E-state index contributed by atoms with van der Waals surface area (Å²) in [7, 11) is 0. The first-order chi connectivity index (χ1) is 7.88. The lowest BCUT2D eigenvalue weighted by molar-refractivity contribution is -0.166. The molecule has 17 heavy (non-hydrogen) atoms. The Hall–Kier alpha value is -2.18. The number of allylic oxidation sites excluding steroid dienone is 1. The van der Waals surface area contributed by atoms with E-state index in [9.17, 15) is 28.0 Å². The van der Waals surface area contributed by atoms with Gasteiger partial charge in [-0.3, -0.25) is 4.79 Å². The van der Waals surface area contributed by atoms with Gasteiger partial charge >= 0.3 is 6.18 Å². The van der Waals surface area contributed by atoms with Crippen LogP contribution in [-0.4, -0.2) is 17.1 Å². The highest BCUT2D eigenvalue weighted by molar-refractivity contribution is 6.04. The fourth-order valence-electron chi connectivity index (χ4n) is 1.06. The molecular weight excluding hydrogens is 239 g/mol. The molecule has 0 spiro atoms. The smallest absolute Gasteiger partial charge is 0.456 e. The van der Waals surface area contributed by atoms with Crippen LogP contribution in [-0.2, 0) is 4.79 Å². The van der Waals surface area contributed by atoms with E-state index in [1.165, 1.54) is 24.3 Å². The van der Waals surface area contributed by atoms with Crippen LogP contribution in [0.3, 0.4) is 0 Å². The summed E-state index contributed by atoms with van der Waals surface area (Å²) in [6.45, 7) is 0.